The Morgan fingerprint density at radius 1 is 0.519 bits per heavy atom. The Morgan fingerprint density at radius 2 is 0.846 bits per heavy atom. The fourth-order valence-corrected chi connectivity index (χ4v) is 19.0. The molecule has 7 rings (SSSR count). The molecule has 0 radical (unpaired) electrons. The van der Waals surface area contributed by atoms with Gasteiger partial charge in [-0.3, -0.25) is 0 Å². The van der Waals surface area contributed by atoms with Gasteiger partial charge in [0.05, 0.1) is 0 Å². The molecule has 0 atom stereocenters. The van der Waals surface area contributed by atoms with E-state index in [0.717, 1.165) is 30.1 Å². The molecule has 0 aromatic heterocycles. The summed E-state index contributed by atoms with van der Waals surface area (Å²) in [6.45, 7) is 14.9. The molecule has 286 valence electrons. The van der Waals surface area contributed by atoms with Crippen molar-refractivity contribution < 1.29 is 42.7 Å². The molecule has 1 aliphatic heterocycles. The third kappa shape index (κ3) is 9.18. The zero-order valence-electron chi connectivity index (χ0n) is 33.0. The Labute approximate surface area is 340 Å². The number of rotatable bonds is 6. The van der Waals surface area contributed by atoms with Crippen LogP contribution in [0.15, 0.2) is 54.6 Å². The van der Waals surface area contributed by atoms with Gasteiger partial charge in [0.2, 0.25) is 0 Å². The normalized spacial score (nSPS) is 19.0. The van der Waals surface area contributed by atoms with Gasteiger partial charge in [0.25, 0.3) is 0 Å². The Morgan fingerprint density at radius 3 is 1.13 bits per heavy atom. The predicted octanol–water partition coefficient (Wildman–Crippen LogP) is 6.36. The van der Waals surface area contributed by atoms with Crippen LogP contribution in [0.4, 0.5) is 11.4 Å². The third-order valence-corrected chi connectivity index (χ3v) is 19.6. The van der Waals surface area contributed by atoms with Crippen LogP contribution in [0.1, 0.15) is 135 Å². The number of benzene rings is 3. The van der Waals surface area contributed by atoms with E-state index in [4.69, 9.17) is 0 Å². The van der Waals surface area contributed by atoms with E-state index in [1.54, 1.807) is 11.4 Å². The fraction of sp³-hybridized carbons (Fsp3) is 0.565. The van der Waals surface area contributed by atoms with Crippen molar-refractivity contribution in [2.45, 2.75) is 155 Å². The van der Waals surface area contributed by atoms with Crippen molar-refractivity contribution in [2.75, 3.05) is 22.9 Å². The number of halogens is 2. The van der Waals surface area contributed by atoms with Crippen molar-refractivity contribution in [1.82, 2.24) is 0 Å². The van der Waals surface area contributed by atoms with Crippen molar-refractivity contribution in [3.63, 3.8) is 0 Å². The molecule has 0 unspecified atom stereocenters. The Balaban J connectivity index is 0.000000537. The summed E-state index contributed by atoms with van der Waals surface area (Å²) in [4.78, 5) is 5.96. The van der Waals surface area contributed by atoms with Gasteiger partial charge >= 0.3 is 58.4 Å². The van der Waals surface area contributed by atoms with Crippen molar-refractivity contribution in [1.29, 1.82) is 0 Å². The summed E-state index contributed by atoms with van der Waals surface area (Å²) >= 11 is 2.48. The average Bonchev–Trinajstić information content (AvgIpc) is 3.53. The summed E-state index contributed by atoms with van der Waals surface area (Å²) in [6, 6.07) is 20.1. The summed E-state index contributed by atoms with van der Waals surface area (Å²) in [5.74, 6) is 0. The maximum atomic E-state index is 2.98. The monoisotopic (exact) mass is 848 g/mol. The molecule has 4 aliphatic rings. The summed E-state index contributed by atoms with van der Waals surface area (Å²) in [7, 11) is 0. The zero-order chi connectivity index (χ0) is 35.3. The topological polar surface area (TPSA) is 6.48 Å². The summed E-state index contributed by atoms with van der Waals surface area (Å²) in [6.07, 6.45) is 22.1. The van der Waals surface area contributed by atoms with E-state index in [-0.39, 0.29) is 24.8 Å². The van der Waals surface area contributed by atoms with E-state index < -0.39 is 6.89 Å². The molecule has 3 aromatic carbocycles. The summed E-state index contributed by atoms with van der Waals surface area (Å²) in [5, 5.41) is 0. The first-order chi connectivity index (χ1) is 24.2. The van der Waals surface area contributed by atoms with Crippen LogP contribution in [-0.4, -0.2) is 40.2 Å². The molecule has 1 saturated heterocycles. The van der Waals surface area contributed by atoms with Crippen LogP contribution < -0.4 is 34.6 Å². The number of aryl methyl sites for hydroxylation is 6. The van der Waals surface area contributed by atoms with Gasteiger partial charge in [-0.1, -0.05) is 100 Å². The molecular formula is C46H65Cl2N2PRu. The van der Waals surface area contributed by atoms with Crippen molar-refractivity contribution in [3.05, 3.63) is 93.5 Å². The summed E-state index contributed by atoms with van der Waals surface area (Å²) in [5.41, 5.74) is 17.7. The van der Waals surface area contributed by atoms with E-state index in [9.17, 15) is 0 Å². The third-order valence-electron chi connectivity index (χ3n) is 12.6. The van der Waals surface area contributed by atoms with Crippen molar-refractivity contribution in [3.8, 4) is 0 Å². The number of hydrogen-bond donors (Lipinski definition) is 0. The number of hydrogen-bond acceptors (Lipinski definition) is 0. The summed E-state index contributed by atoms with van der Waals surface area (Å²) < 4.78 is 2.01. The minimum absolute atomic E-state index is 0. The standard InChI is InChI=1S/C39H59N2P.C7H6.2ClH.Ru/c1-28-24-30(3)37(31(4)25-28)40-22-23-41(38-32(5)26-29(2)27-33(38)6)39(40)42(34-16-10-7-11-17-34,35-18-12-8-13-19-35)36-20-14-9-15-21-36;1-7-5-3-2-4-6-7;;;/h24-27,34-36H,7-23H2,1-6H3;1-6H;2*1H;/q;;;;+2/p-2. The molecule has 2 nitrogen and oxygen atoms in total. The van der Waals surface area contributed by atoms with Gasteiger partial charge in [-0.15, -0.1) is 0 Å². The SMILES string of the molecule is Cc1cc(C)c(N2CCN(c3c(C)cc(C)cc3C)C2=P(C2CCCCC2)(C2CCCCC2)C2CCCCC2)c(C)c1.[Cl-].[Cl-].[Ru+2]=[CH]c1ccccc1. The molecule has 3 aliphatic carbocycles. The van der Waals surface area contributed by atoms with E-state index in [1.807, 2.05) is 28.3 Å². The van der Waals surface area contributed by atoms with Gasteiger partial charge in [0, 0.05) is 24.5 Å². The molecule has 0 N–H and O–H groups in total. The Hall–Kier alpha value is -1.37. The first-order valence-corrected chi connectivity index (χ1v) is 23.2. The van der Waals surface area contributed by atoms with Crippen molar-refractivity contribution >= 4 is 28.4 Å². The van der Waals surface area contributed by atoms with Crippen LogP contribution in [0, 0.1) is 41.5 Å². The molecule has 1 heterocycles. The van der Waals surface area contributed by atoms with Gasteiger partial charge < -0.3 is 34.6 Å². The van der Waals surface area contributed by atoms with Gasteiger partial charge in [0.15, 0.2) is 0 Å². The van der Waals surface area contributed by atoms with Crippen LogP contribution in [0.3, 0.4) is 0 Å². The molecule has 4 fully saturated rings. The second-order valence-corrected chi connectivity index (χ2v) is 21.1. The zero-order valence-corrected chi connectivity index (χ0v) is 37.1. The first-order valence-electron chi connectivity index (χ1n) is 20.2. The Bertz CT molecular complexity index is 1500. The van der Waals surface area contributed by atoms with Gasteiger partial charge in [-0.2, -0.15) is 0 Å². The molecule has 0 bridgehead atoms. The van der Waals surface area contributed by atoms with E-state index >= 15 is 0 Å². The van der Waals surface area contributed by atoms with Gasteiger partial charge in [-0.05, 0) is 119 Å². The van der Waals surface area contributed by atoms with Gasteiger partial charge in [0.1, 0.15) is 5.54 Å². The molecule has 6 heteroatoms. The van der Waals surface area contributed by atoms with E-state index in [2.05, 4.69) is 106 Å². The van der Waals surface area contributed by atoms with Crippen LogP contribution >= 0.6 is 6.89 Å². The average molecular weight is 849 g/mol. The molecule has 0 amide bonds. The van der Waals surface area contributed by atoms with Crippen LogP contribution in [0.5, 0.6) is 0 Å². The quantitative estimate of drug-likeness (QED) is 0.211. The fourth-order valence-electron chi connectivity index (χ4n) is 11.0. The molecular weight excluding hydrogens is 783 g/mol. The molecule has 3 aromatic rings. The van der Waals surface area contributed by atoms with E-state index in [1.165, 1.54) is 135 Å². The maximum absolute atomic E-state index is 2.98. The first kappa shape index (κ1) is 43.4. The second kappa shape index (κ2) is 20.0. The molecule has 3 saturated carbocycles. The number of nitrogens with zero attached hydrogens (tertiary/aromatic N) is 2. The van der Waals surface area contributed by atoms with Crippen molar-refractivity contribution in [2.24, 2.45) is 0 Å². The predicted molar refractivity (Wildman–Crippen MR) is 220 cm³/mol. The number of anilines is 2. The van der Waals surface area contributed by atoms with Gasteiger partial charge in [-0.25, -0.2) is 0 Å². The van der Waals surface area contributed by atoms with E-state index in [0.29, 0.717) is 0 Å². The second-order valence-electron chi connectivity index (χ2n) is 16.3. The minimum atomic E-state index is -1.55. The Kier molecular flexibility index (Phi) is 16.7. The van der Waals surface area contributed by atoms with Crippen LogP contribution in [0.25, 0.3) is 0 Å². The molecule has 0 spiro atoms. The molecule has 52 heavy (non-hydrogen) atoms. The van der Waals surface area contributed by atoms with Crippen LogP contribution in [0.2, 0.25) is 0 Å². The van der Waals surface area contributed by atoms with Crippen LogP contribution in [-0.2, 0) is 17.9 Å².